The molecule has 1 fully saturated rings. The molecule has 0 unspecified atom stereocenters. The Labute approximate surface area is 102 Å². The molecule has 0 atom stereocenters. The van der Waals surface area contributed by atoms with Crippen LogP contribution in [0.5, 0.6) is 0 Å². The lowest BCUT2D eigenvalue weighted by atomic mass is 10.2. The van der Waals surface area contributed by atoms with Crippen molar-refractivity contribution in [3.8, 4) is 0 Å². The maximum atomic E-state index is 12.3. The first-order valence-electron chi connectivity index (χ1n) is 5.64. The van der Waals surface area contributed by atoms with Crippen molar-refractivity contribution >= 4 is 10.0 Å². The third kappa shape index (κ3) is 2.66. The second kappa shape index (κ2) is 5.14. The van der Waals surface area contributed by atoms with Crippen LogP contribution in [-0.4, -0.2) is 38.9 Å². The van der Waals surface area contributed by atoms with Gasteiger partial charge in [-0.05, 0) is 17.7 Å². The van der Waals surface area contributed by atoms with Crippen molar-refractivity contribution in [3.63, 3.8) is 0 Å². The largest absolute Gasteiger partial charge is 0.326 e. The minimum Gasteiger partial charge on any atom is -0.326 e. The van der Waals surface area contributed by atoms with Gasteiger partial charge in [-0.1, -0.05) is 12.1 Å². The predicted octanol–water partition coefficient (Wildman–Crippen LogP) is -0.261. The number of hydrogen-bond acceptors (Lipinski definition) is 4. The Morgan fingerprint density at radius 1 is 1.29 bits per heavy atom. The summed E-state index contributed by atoms with van der Waals surface area (Å²) in [7, 11) is -3.36. The highest BCUT2D eigenvalue weighted by molar-refractivity contribution is 7.89. The van der Waals surface area contributed by atoms with E-state index in [1.807, 2.05) is 6.07 Å². The molecule has 5 nitrogen and oxygen atoms in total. The summed E-state index contributed by atoms with van der Waals surface area (Å²) < 4.78 is 26.1. The predicted molar refractivity (Wildman–Crippen MR) is 66.0 cm³/mol. The van der Waals surface area contributed by atoms with E-state index in [4.69, 9.17) is 5.73 Å². The number of rotatable bonds is 3. The van der Waals surface area contributed by atoms with Crippen LogP contribution in [0.15, 0.2) is 29.2 Å². The molecule has 0 radical (unpaired) electrons. The first-order chi connectivity index (χ1) is 8.14. The van der Waals surface area contributed by atoms with Crippen LogP contribution in [-0.2, 0) is 16.6 Å². The smallest absolute Gasteiger partial charge is 0.243 e. The monoisotopic (exact) mass is 255 g/mol. The maximum Gasteiger partial charge on any atom is 0.243 e. The van der Waals surface area contributed by atoms with E-state index in [1.165, 1.54) is 4.31 Å². The fraction of sp³-hybridized carbons (Fsp3) is 0.455. The third-order valence-electron chi connectivity index (χ3n) is 2.85. The SMILES string of the molecule is NCc1cccc(S(=O)(=O)N2CCNCC2)c1. The average Bonchev–Trinajstić information content (AvgIpc) is 2.40. The zero-order valence-electron chi connectivity index (χ0n) is 9.59. The molecule has 0 bridgehead atoms. The van der Waals surface area contributed by atoms with Crippen molar-refractivity contribution in [1.82, 2.24) is 9.62 Å². The van der Waals surface area contributed by atoms with Crippen molar-refractivity contribution in [2.24, 2.45) is 5.73 Å². The first-order valence-corrected chi connectivity index (χ1v) is 7.08. The molecule has 2 rings (SSSR count). The second-order valence-electron chi connectivity index (χ2n) is 4.01. The van der Waals surface area contributed by atoms with E-state index in [-0.39, 0.29) is 0 Å². The van der Waals surface area contributed by atoms with E-state index >= 15 is 0 Å². The molecule has 94 valence electrons. The summed E-state index contributed by atoms with van der Waals surface area (Å²) in [6.07, 6.45) is 0. The summed E-state index contributed by atoms with van der Waals surface area (Å²) in [4.78, 5) is 0.336. The fourth-order valence-corrected chi connectivity index (χ4v) is 3.38. The summed E-state index contributed by atoms with van der Waals surface area (Å²) >= 11 is 0. The molecule has 3 N–H and O–H groups in total. The molecule has 0 aromatic heterocycles. The van der Waals surface area contributed by atoms with Gasteiger partial charge in [0.1, 0.15) is 0 Å². The lowest BCUT2D eigenvalue weighted by molar-refractivity contribution is 0.360. The fourth-order valence-electron chi connectivity index (χ4n) is 1.87. The standard InChI is InChI=1S/C11H17N3O2S/c12-9-10-2-1-3-11(8-10)17(15,16)14-6-4-13-5-7-14/h1-3,8,13H,4-7,9,12H2. The Hall–Kier alpha value is -0.950. The average molecular weight is 255 g/mol. The summed E-state index contributed by atoms with van der Waals surface area (Å²) in [5.74, 6) is 0. The van der Waals surface area contributed by atoms with Crippen LogP contribution in [0, 0.1) is 0 Å². The van der Waals surface area contributed by atoms with E-state index < -0.39 is 10.0 Å². The normalized spacial score (nSPS) is 18.2. The summed E-state index contributed by atoms with van der Waals surface area (Å²) in [6, 6.07) is 6.84. The van der Waals surface area contributed by atoms with Gasteiger partial charge in [0.15, 0.2) is 0 Å². The van der Waals surface area contributed by atoms with Crippen LogP contribution in [0.25, 0.3) is 0 Å². The summed E-state index contributed by atoms with van der Waals surface area (Å²) in [5.41, 5.74) is 6.36. The molecule has 1 saturated heterocycles. The highest BCUT2D eigenvalue weighted by Crippen LogP contribution is 2.17. The topological polar surface area (TPSA) is 75.4 Å². The molecule has 1 aliphatic heterocycles. The second-order valence-corrected chi connectivity index (χ2v) is 5.94. The molecule has 0 amide bonds. The number of nitrogens with one attached hydrogen (secondary N) is 1. The van der Waals surface area contributed by atoms with Gasteiger partial charge >= 0.3 is 0 Å². The van der Waals surface area contributed by atoms with Crippen molar-refractivity contribution < 1.29 is 8.42 Å². The van der Waals surface area contributed by atoms with Crippen molar-refractivity contribution in [1.29, 1.82) is 0 Å². The van der Waals surface area contributed by atoms with Gasteiger partial charge in [0, 0.05) is 32.7 Å². The van der Waals surface area contributed by atoms with Gasteiger partial charge in [0.2, 0.25) is 10.0 Å². The highest BCUT2D eigenvalue weighted by atomic mass is 32.2. The van der Waals surface area contributed by atoms with Gasteiger partial charge in [-0.2, -0.15) is 4.31 Å². The van der Waals surface area contributed by atoms with E-state index in [0.29, 0.717) is 37.6 Å². The minimum atomic E-state index is -3.36. The number of sulfonamides is 1. The van der Waals surface area contributed by atoms with Crippen LogP contribution in [0.1, 0.15) is 5.56 Å². The van der Waals surface area contributed by atoms with Gasteiger partial charge in [-0.25, -0.2) is 8.42 Å². The molecule has 1 aromatic rings. The van der Waals surface area contributed by atoms with Crippen LogP contribution < -0.4 is 11.1 Å². The number of piperazine rings is 1. The number of nitrogens with zero attached hydrogens (tertiary/aromatic N) is 1. The van der Waals surface area contributed by atoms with Gasteiger partial charge in [0.25, 0.3) is 0 Å². The molecule has 0 aliphatic carbocycles. The molecule has 1 heterocycles. The Bertz CT molecular complexity index is 481. The molecule has 17 heavy (non-hydrogen) atoms. The molecule has 0 spiro atoms. The Kier molecular flexibility index (Phi) is 3.78. The molecule has 6 heteroatoms. The lowest BCUT2D eigenvalue weighted by Gasteiger charge is -2.26. The minimum absolute atomic E-state index is 0.336. The number of benzene rings is 1. The van der Waals surface area contributed by atoms with Gasteiger partial charge in [-0.3, -0.25) is 0 Å². The van der Waals surface area contributed by atoms with E-state index in [1.54, 1.807) is 18.2 Å². The van der Waals surface area contributed by atoms with Crippen LogP contribution in [0.2, 0.25) is 0 Å². The molecular formula is C11H17N3O2S. The number of nitrogens with two attached hydrogens (primary N) is 1. The molecule has 1 aliphatic rings. The Morgan fingerprint density at radius 3 is 2.65 bits per heavy atom. The van der Waals surface area contributed by atoms with E-state index in [9.17, 15) is 8.42 Å². The van der Waals surface area contributed by atoms with E-state index in [2.05, 4.69) is 5.32 Å². The lowest BCUT2D eigenvalue weighted by Crippen LogP contribution is -2.46. The summed E-state index contributed by atoms with van der Waals surface area (Å²) in [6.45, 7) is 2.81. The summed E-state index contributed by atoms with van der Waals surface area (Å²) in [5, 5.41) is 3.13. The molecular weight excluding hydrogens is 238 g/mol. The third-order valence-corrected chi connectivity index (χ3v) is 4.74. The number of hydrogen-bond donors (Lipinski definition) is 2. The van der Waals surface area contributed by atoms with E-state index in [0.717, 1.165) is 5.56 Å². The Balaban J connectivity index is 2.29. The van der Waals surface area contributed by atoms with Crippen molar-refractivity contribution in [3.05, 3.63) is 29.8 Å². The molecule has 1 aromatic carbocycles. The molecule has 0 saturated carbocycles. The maximum absolute atomic E-state index is 12.3. The highest BCUT2D eigenvalue weighted by Gasteiger charge is 2.25. The van der Waals surface area contributed by atoms with Gasteiger partial charge in [0.05, 0.1) is 4.90 Å². The van der Waals surface area contributed by atoms with Crippen molar-refractivity contribution in [2.45, 2.75) is 11.4 Å². The zero-order chi connectivity index (χ0) is 12.3. The van der Waals surface area contributed by atoms with Crippen molar-refractivity contribution in [2.75, 3.05) is 26.2 Å². The van der Waals surface area contributed by atoms with Crippen LogP contribution in [0.3, 0.4) is 0 Å². The van der Waals surface area contributed by atoms with Crippen LogP contribution in [0.4, 0.5) is 0 Å². The van der Waals surface area contributed by atoms with Gasteiger partial charge < -0.3 is 11.1 Å². The van der Waals surface area contributed by atoms with Crippen LogP contribution >= 0.6 is 0 Å². The quantitative estimate of drug-likeness (QED) is 0.780. The Morgan fingerprint density at radius 2 is 2.00 bits per heavy atom. The first kappa shape index (κ1) is 12.5. The zero-order valence-corrected chi connectivity index (χ0v) is 10.4. The van der Waals surface area contributed by atoms with Gasteiger partial charge in [-0.15, -0.1) is 0 Å².